The molecule has 3 aromatic carbocycles. The third-order valence-corrected chi connectivity index (χ3v) is 7.61. The number of anilines is 1. The van der Waals surface area contributed by atoms with Crippen LogP contribution in [0.5, 0.6) is 0 Å². The maximum atomic E-state index is 13.0. The summed E-state index contributed by atoms with van der Waals surface area (Å²) in [5, 5.41) is 19.9. The molecule has 0 fully saturated rings. The van der Waals surface area contributed by atoms with E-state index < -0.39 is 0 Å². The van der Waals surface area contributed by atoms with Crippen LogP contribution in [0.25, 0.3) is 21.8 Å². The molecule has 0 saturated heterocycles. The smallest absolute Gasteiger partial charge is 0.217 e. The van der Waals surface area contributed by atoms with Gasteiger partial charge in [0.25, 0.3) is 0 Å². The van der Waals surface area contributed by atoms with E-state index in [1.165, 1.54) is 6.20 Å². The standard InChI is InChI=1S/C20H15ClN4O.C13H7Cl2N3O/c21-14-8-9-15-17(11-14)24-25-18(15)19(26)16-7-4-10-22-20(16)23-12-13-5-2-1-3-6-13;14-7-3-4-8-10(6-7)17-18-11(8)12(19)9-2-1-5-16-13(9)15/h1-11H,12H2,(H,22,23)(H,24,25);1-6H,(H,17,18). The lowest BCUT2D eigenvalue weighted by molar-refractivity contribution is 0.102. The highest BCUT2D eigenvalue weighted by Gasteiger charge is 2.21. The molecule has 0 aliphatic carbocycles. The van der Waals surface area contributed by atoms with Gasteiger partial charge in [0.2, 0.25) is 11.6 Å². The monoisotopic (exact) mass is 653 g/mol. The van der Waals surface area contributed by atoms with E-state index in [9.17, 15) is 9.59 Å². The molecule has 4 aromatic heterocycles. The van der Waals surface area contributed by atoms with Crippen LogP contribution in [0.3, 0.4) is 0 Å². The average molecular weight is 655 g/mol. The van der Waals surface area contributed by atoms with Gasteiger partial charge in [0.15, 0.2) is 0 Å². The largest absolute Gasteiger partial charge is 0.365 e. The van der Waals surface area contributed by atoms with Crippen molar-refractivity contribution >= 4 is 74.0 Å². The zero-order valence-corrected chi connectivity index (χ0v) is 25.5. The number of pyridine rings is 2. The van der Waals surface area contributed by atoms with E-state index in [1.807, 2.05) is 30.3 Å². The Morgan fingerprint density at radius 2 is 1.20 bits per heavy atom. The van der Waals surface area contributed by atoms with Crippen molar-refractivity contribution in [1.29, 1.82) is 0 Å². The van der Waals surface area contributed by atoms with E-state index in [2.05, 4.69) is 35.7 Å². The van der Waals surface area contributed by atoms with Crippen LogP contribution in [0, 0.1) is 0 Å². The molecule has 4 heterocycles. The number of halogens is 3. The Balaban J connectivity index is 0.000000167. The minimum Gasteiger partial charge on any atom is -0.365 e. The first-order chi connectivity index (χ1) is 21.9. The second-order valence-corrected chi connectivity index (χ2v) is 11.0. The number of carbonyl (C=O) groups excluding carboxylic acids is 2. The molecule has 0 saturated carbocycles. The van der Waals surface area contributed by atoms with Crippen molar-refractivity contribution in [2.75, 3.05) is 5.32 Å². The number of hydrogen-bond acceptors (Lipinski definition) is 7. The molecule has 3 N–H and O–H groups in total. The quantitative estimate of drug-likeness (QED) is 0.117. The molecule has 9 nitrogen and oxygen atoms in total. The second-order valence-electron chi connectivity index (χ2n) is 9.76. The number of carbonyl (C=O) groups is 2. The normalized spacial score (nSPS) is 10.8. The molecule has 7 aromatic rings. The number of ketones is 2. The summed E-state index contributed by atoms with van der Waals surface area (Å²) in [5.74, 6) is 0.0698. The molecule has 0 unspecified atom stereocenters. The van der Waals surface area contributed by atoms with Crippen molar-refractivity contribution in [3.63, 3.8) is 0 Å². The van der Waals surface area contributed by atoms with Crippen molar-refractivity contribution in [2.45, 2.75) is 6.54 Å². The SMILES string of the molecule is O=C(c1cccnc1Cl)c1n[nH]c2cc(Cl)ccc12.O=C(c1cccnc1NCc1ccccc1)c1n[nH]c2cc(Cl)ccc12. The van der Waals surface area contributed by atoms with Crippen molar-refractivity contribution in [2.24, 2.45) is 0 Å². The van der Waals surface area contributed by atoms with Crippen LogP contribution in [-0.4, -0.2) is 41.9 Å². The number of hydrogen-bond donors (Lipinski definition) is 3. The summed E-state index contributed by atoms with van der Waals surface area (Å²) in [5.41, 5.74) is 4.00. The van der Waals surface area contributed by atoms with Crippen molar-refractivity contribution in [3.05, 3.63) is 147 Å². The highest BCUT2D eigenvalue weighted by Crippen LogP contribution is 2.26. The molecule has 0 amide bonds. The molecular formula is C33H22Cl3N7O2. The van der Waals surface area contributed by atoms with Gasteiger partial charge < -0.3 is 5.32 Å². The molecule has 45 heavy (non-hydrogen) atoms. The van der Waals surface area contributed by atoms with E-state index in [-0.39, 0.29) is 16.7 Å². The number of aromatic nitrogens is 6. The first-order valence-electron chi connectivity index (χ1n) is 13.6. The lowest BCUT2D eigenvalue weighted by atomic mass is 10.1. The lowest BCUT2D eigenvalue weighted by Crippen LogP contribution is -2.10. The number of fused-ring (bicyclic) bond motifs is 2. The van der Waals surface area contributed by atoms with Crippen LogP contribution < -0.4 is 5.32 Å². The molecule has 0 atom stereocenters. The zero-order chi connectivity index (χ0) is 31.3. The van der Waals surface area contributed by atoms with Crippen LogP contribution in [0.2, 0.25) is 15.2 Å². The first-order valence-corrected chi connectivity index (χ1v) is 14.7. The zero-order valence-electron chi connectivity index (χ0n) is 23.3. The van der Waals surface area contributed by atoms with Crippen molar-refractivity contribution < 1.29 is 9.59 Å². The summed E-state index contributed by atoms with van der Waals surface area (Å²) in [6, 6.07) is 27.2. The molecule has 0 aliphatic rings. The highest BCUT2D eigenvalue weighted by atomic mass is 35.5. The Kier molecular flexibility index (Phi) is 8.84. The van der Waals surface area contributed by atoms with E-state index in [0.29, 0.717) is 55.8 Å². The van der Waals surface area contributed by atoms with Gasteiger partial charge in [0, 0.05) is 39.8 Å². The Morgan fingerprint density at radius 1 is 0.644 bits per heavy atom. The average Bonchev–Trinajstić information content (AvgIpc) is 3.68. The van der Waals surface area contributed by atoms with Crippen LogP contribution in [-0.2, 0) is 6.54 Å². The number of nitrogens with one attached hydrogen (secondary N) is 3. The summed E-state index contributed by atoms with van der Waals surface area (Å²) in [6.07, 6.45) is 3.19. The molecule has 12 heteroatoms. The molecular weight excluding hydrogens is 633 g/mol. The third-order valence-electron chi connectivity index (χ3n) is 6.84. The molecule has 0 radical (unpaired) electrons. The summed E-state index contributed by atoms with van der Waals surface area (Å²) >= 11 is 17.8. The molecule has 0 spiro atoms. The maximum Gasteiger partial charge on any atom is 0.217 e. The second kappa shape index (κ2) is 13.3. The van der Waals surface area contributed by atoms with Crippen LogP contribution in [0.15, 0.2) is 103 Å². The van der Waals surface area contributed by atoms with Gasteiger partial charge in [-0.2, -0.15) is 10.2 Å². The number of rotatable bonds is 7. The Bertz CT molecular complexity index is 2160. The van der Waals surface area contributed by atoms with Crippen LogP contribution >= 0.6 is 34.8 Å². The fourth-order valence-corrected chi connectivity index (χ4v) is 5.20. The summed E-state index contributed by atoms with van der Waals surface area (Å²) in [6.45, 7) is 0.578. The predicted molar refractivity (Wildman–Crippen MR) is 176 cm³/mol. The topological polar surface area (TPSA) is 129 Å². The number of H-pyrrole nitrogens is 2. The number of nitrogens with zero attached hydrogens (tertiary/aromatic N) is 4. The van der Waals surface area contributed by atoms with Crippen molar-refractivity contribution in [3.8, 4) is 0 Å². The fraction of sp³-hybridized carbons (Fsp3) is 0.0303. The van der Waals surface area contributed by atoms with E-state index in [4.69, 9.17) is 34.8 Å². The van der Waals surface area contributed by atoms with E-state index in [0.717, 1.165) is 16.5 Å². The lowest BCUT2D eigenvalue weighted by Gasteiger charge is -2.09. The Morgan fingerprint density at radius 3 is 1.80 bits per heavy atom. The maximum absolute atomic E-state index is 13.0. The van der Waals surface area contributed by atoms with Gasteiger partial charge in [-0.15, -0.1) is 0 Å². The van der Waals surface area contributed by atoms with Gasteiger partial charge in [0.1, 0.15) is 22.4 Å². The van der Waals surface area contributed by atoms with Crippen LogP contribution in [0.1, 0.15) is 37.7 Å². The van der Waals surface area contributed by atoms with Gasteiger partial charge in [-0.05, 0) is 66.2 Å². The van der Waals surface area contributed by atoms with E-state index >= 15 is 0 Å². The third kappa shape index (κ3) is 6.56. The van der Waals surface area contributed by atoms with Gasteiger partial charge >= 0.3 is 0 Å². The van der Waals surface area contributed by atoms with Crippen molar-refractivity contribution in [1.82, 2.24) is 30.4 Å². The summed E-state index contributed by atoms with van der Waals surface area (Å²) in [7, 11) is 0. The predicted octanol–water partition coefficient (Wildman–Crippen LogP) is 7.95. The minimum atomic E-state index is -0.272. The first kappa shape index (κ1) is 30.0. The van der Waals surface area contributed by atoms with Crippen LogP contribution in [0.4, 0.5) is 5.82 Å². The number of aromatic amines is 2. The summed E-state index contributed by atoms with van der Waals surface area (Å²) < 4.78 is 0. The van der Waals surface area contributed by atoms with Gasteiger partial charge in [-0.1, -0.05) is 65.1 Å². The summed E-state index contributed by atoms with van der Waals surface area (Å²) in [4.78, 5) is 33.6. The van der Waals surface area contributed by atoms with Gasteiger partial charge in [-0.25, -0.2) is 9.97 Å². The molecule has 222 valence electrons. The molecule has 0 aliphatic heterocycles. The highest BCUT2D eigenvalue weighted by molar-refractivity contribution is 6.34. The van der Waals surface area contributed by atoms with Gasteiger partial charge in [0.05, 0.1) is 22.2 Å². The molecule has 0 bridgehead atoms. The van der Waals surface area contributed by atoms with Gasteiger partial charge in [-0.3, -0.25) is 19.8 Å². The Labute approximate surface area is 271 Å². The molecule has 7 rings (SSSR count). The Hall–Kier alpha value is -5.09. The van der Waals surface area contributed by atoms with E-state index in [1.54, 1.807) is 66.9 Å². The fourth-order valence-electron chi connectivity index (χ4n) is 4.65. The number of benzene rings is 3. The minimum absolute atomic E-state index is 0.164.